The Morgan fingerprint density at radius 3 is 0.906 bits per heavy atom. The average molecular weight is 749 g/mol. The summed E-state index contributed by atoms with van der Waals surface area (Å²) < 4.78 is 64.1. The van der Waals surface area contributed by atoms with Gasteiger partial charge < -0.3 is 27.1 Å². The molecule has 6 aromatic rings. The number of phosphoric acid groups is 2. The lowest BCUT2D eigenvalue weighted by Crippen LogP contribution is -2.09. The SMILES string of the molecule is CCC(c1ccc(OP(=O)(Oc2ccccc2C)Oc2ccccc2C)cc1)c1ccc(OP(=O)(Oc2ccccc2C)Oc2ccccc2C)cc1. The third-order valence-corrected chi connectivity index (χ3v) is 11.2. The first-order chi connectivity index (χ1) is 25.5. The van der Waals surface area contributed by atoms with Crippen LogP contribution in [-0.2, 0) is 9.13 Å². The zero-order valence-electron chi connectivity index (χ0n) is 30.3. The Balaban J connectivity index is 1.20. The van der Waals surface area contributed by atoms with Crippen LogP contribution in [0.25, 0.3) is 0 Å². The smallest absolute Gasteiger partial charge is 0.386 e. The molecule has 0 aliphatic heterocycles. The first-order valence-corrected chi connectivity index (χ1v) is 20.3. The molecule has 0 saturated heterocycles. The molecule has 0 amide bonds. The maximum absolute atomic E-state index is 14.2. The van der Waals surface area contributed by atoms with Gasteiger partial charge in [-0.2, -0.15) is 9.13 Å². The molecule has 0 unspecified atom stereocenters. The monoisotopic (exact) mass is 748 g/mol. The predicted octanol–water partition coefficient (Wildman–Crippen LogP) is 12.8. The van der Waals surface area contributed by atoms with Gasteiger partial charge in [0.05, 0.1) is 0 Å². The molecule has 10 heteroatoms. The summed E-state index contributed by atoms with van der Waals surface area (Å²) in [6.07, 6.45) is 0.789. The topological polar surface area (TPSA) is 89.5 Å². The predicted molar refractivity (Wildman–Crippen MR) is 209 cm³/mol. The van der Waals surface area contributed by atoms with Crippen molar-refractivity contribution in [2.75, 3.05) is 0 Å². The van der Waals surface area contributed by atoms with E-state index in [4.69, 9.17) is 27.1 Å². The highest BCUT2D eigenvalue weighted by Crippen LogP contribution is 2.52. The Morgan fingerprint density at radius 2 is 0.660 bits per heavy atom. The summed E-state index contributed by atoms with van der Waals surface area (Å²) in [7, 11) is -8.35. The van der Waals surface area contributed by atoms with E-state index in [2.05, 4.69) is 6.92 Å². The Labute approximate surface area is 311 Å². The van der Waals surface area contributed by atoms with Crippen molar-refractivity contribution in [2.45, 2.75) is 47.0 Å². The summed E-state index contributed by atoms with van der Waals surface area (Å²) in [6.45, 7) is 9.55. The van der Waals surface area contributed by atoms with E-state index < -0.39 is 15.6 Å². The Hall–Kier alpha value is -5.42. The van der Waals surface area contributed by atoms with Gasteiger partial charge in [0.15, 0.2) is 0 Å². The number of benzene rings is 6. The standard InChI is InChI=1S/C43H42O8P2/c1-6-39(35-23-27-37(28-24-35)46-52(44,48-40-19-11-7-15-31(40)2)49-41-20-12-8-16-32(41)3)36-25-29-38(30-26-36)47-53(45,50-42-21-13-9-17-33(42)4)51-43-22-14-10-18-34(43)5/h7-30,39H,6H2,1-5H3. The maximum atomic E-state index is 14.2. The molecule has 0 bridgehead atoms. The molecule has 0 aliphatic rings. The van der Waals surface area contributed by atoms with Gasteiger partial charge in [-0.15, -0.1) is 0 Å². The van der Waals surface area contributed by atoms with Gasteiger partial charge in [-0.05, 0) is 116 Å². The Morgan fingerprint density at radius 1 is 0.396 bits per heavy atom. The van der Waals surface area contributed by atoms with Gasteiger partial charge in [0.1, 0.15) is 34.5 Å². The van der Waals surface area contributed by atoms with Crippen molar-refractivity contribution < 1.29 is 36.3 Å². The lowest BCUT2D eigenvalue weighted by molar-refractivity contribution is 0.295. The van der Waals surface area contributed by atoms with Crippen molar-refractivity contribution in [1.82, 2.24) is 0 Å². The van der Waals surface area contributed by atoms with E-state index >= 15 is 0 Å². The zero-order valence-corrected chi connectivity index (χ0v) is 32.1. The molecule has 6 rings (SSSR count). The highest BCUT2D eigenvalue weighted by atomic mass is 31.2. The van der Waals surface area contributed by atoms with E-state index in [1.165, 1.54) is 0 Å². The molecular weight excluding hydrogens is 706 g/mol. The molecule has 0 heterocycles. The third-order valence-electron chi connectivity index (χ3n) is 8.62. The third kappa shape index (κ3) is 9.53. The number of rotatable bonds is 15. The van der Waals surface area contributed by atoms with Crippen LogP contribution in [0.2, 0.25) is 0 Å². The highest BCUT2D eigenvalue weighted by Gasteiger charge is 2.35. The van der Waals surface area contributed by atoms with E-state index in [9.17, 15) is 9.13 Å². The summed E-state index contributed by atoms with van der Waals surface area (Å²) in [4.78, 5) is 0. The van der Waals surface area contributed by atoms with Gasteiger partial charge in [0, 0.05) is 5.92 Å². The van der Waals surface area contributed by atoms with Crippen molar-refractivity contribution in [3.63, 3.8) is 0 Å². The maximum Gasteiger partial charge on any atom is 0.647 e. The molecule has 0 saturated carbocycles. The fourth-order valence-electron chi connectivity index (χ4n) is 5.67. The molecule has 53 heavy (non-hydrogen) atoms. The number of para-hydroxylation sites is 4. The summed E-state index contributed by atoms with van der Waals surface area (Å²) in [5.41, 5.74) is 5.20. The summed E-state index contributed by atoms with van der Waals surface area (Å²) in [5.74, 6) is 2.28. The summed E-state index contributed by atoms with van der Waals surface area (Å²) >= 11 is 0. The second-order valence-corrected chi connectivity index (χ2v) is 15.5. The molecule has 0 fully saturated rings. The minimum absolute atomic E-state index is 0.00887. The van der Waals surface area contributed by atoms with Gasteiger partial charge in [-0.1, -0.05) is 104 Å². The van der Waals surface area contributed by atoms with Crippen LogP contribution in [0.4, 0.5) is 0 Å². The molecule has 6 aromatic carbocycles. The van der Waals surface area contributed by atoms with Crippen molar-refractivity contribution in [3.05, 3.63) is 179 Å². The van der Waals surface area contributed by atoms with Crippen molar-refractivity contribution in [2.24, 2.45) is 0 Å². The Kier molecular flexibility index (Phi) is 11.6. The van der Waals surface area contributed by atoms with Crippen molar-refractivity contribution in [3.8, 4) is 34.5 Å². The molecular formula is C43H42O8P2. The largest absolute Gasteiger partial charge is 0.647 e. The van der Waals surface area contributed by atoms with Crippen LogP contribution >= 0.6 is 15.6 Å². The highest BCUT2D eigenvalue weighted by molar-refractivity contribution is 7.50. The van der Waals surface area contributed by atoms with E-state index in [1.807, 2.05) is 100 Å². The average Bonchev–Trinajstić information content (AvgIpc) is 3.14. The van der Waals surface area contributed by atoms with Crippen LogP contribution in [0.1, 0.15) is 52.6 Å². The Bertz CT molecular complexity index is 1990. The normalized spacial score (nSPS) is 11.5. The van der Waals surface area contributed by atoms with Crippen LogP contribution in [0.5, 0.6) is 34.5 Å². The molecule has 272 valence electrons. The summed E-state index contributed by atoms with van der Waals surface area (Å²) in [6, 6.07) is 43.8. The number of hydrogen-bond donors (Lipinski definition) is 0. The molecule has 0 spiro atoms. The van der Waals surface area contributed by atoms with E-state index in [-0.39, 0.29) is 5.92 Å². The lowest BCUT2D eigenvalue weighted by atomic mass is 9.89. The molecule has 0 aliphatic carbocycles. The van der Waals surface area contributed by atoms with E-state index in [1.54, 1.807) is 72.8 Å². The number of hydrogen-bond acceptors (Lipinski definition) is 8. The first-order valence-electron chi connectivity index (χ1n) is 17.3. The summed E-state index contributed by atoms with van der Waals surface area (Å²) in [5, 5.41) is 0. The molecule has 8 nitrogen and oxygen atoms in total. The fourth-order valence-corrected chi connectivity index (χ4v) is 8.44. The van der Waals surface area contributed by atoms with Crippen molar-refractivity contribution >= 4 is 15.6 Å². The van der Waals surface area contributed by atoms with E-state index in [0.717, 1.165) is 39.8 Å². The second-order valence-electron chi connectivity index (χ2n) is 12.6. The molecule has 0 aromatic heterocycles. The van der Waals surface area contributed by atoms with Crippen LogP contribution in [0.15, 0.2) is 146 Å². The zero-order chi connectivity index (χ0) is 37.4. The van der Waals surface area contributed by atoms with Gasteiger partial charge in [-0.25, -0.2) is 0 Å². The van der Waals surface area contributed by atoms with Crippen LogP contribution in [0.3, 0.4) is 0 Å². The van der Waals surface area contributed by atoms with E-state index in [0.29, 0.717) is 34.5 Å². The number of aryl methyl sites for hydroxylation is 4. The second kappa shape index (κ2) is 16.5. The van der Waals surface area contributed by atoms with Gasteiger partial charge in [0.2, 0.25) is 0 Å². The lowest BCUT2D eigenvalue weighted by Gasteiger charge is -2.22. The van der Waals surface area contributed by atoms with Crippen LogP contribution in [0, 0.1) is 27.7 Å². The molecule has 0 atom stereocenters. The molecule has 0 N–H and O–H groups in total. The van der Waals surface area contributed by atoms with Crippen LogP contribution in [-0.4, -0.2) is 0 Å². The quantitative estimate of drug-likeness (QED) is 0.0959. The van der Waals surface area contributed by atoms with Crippen LogP contribution < -0.4 is 27.1 Å². The van der Waals surface area contributed by atoms with Gasteiger partial charge in [-0.3, -0.25) is 0 Å². The number of phosphoric ester groups is 2. The minimum Gasteiger partial charge on any atom is -0.386 e. The fraction of sp³-hybridized carbons (Fsp3) is 0.163. The van der Waals surface area contributed by atoms with Crippen molar-refractivity contribution in [1.29, 1.82) is 0 Å². The van der Waals surface area contributed by atoms with Gasteiger partial charge >= 0.3 is 15.6 Å². The molecule has 0 radical (unpaired) electrons. The van der Waals surface area contributed by atoms with Gasteiger partial charge in [0.25, 0.3) is 0 Å². The first kappa shape index (κ1) is 37.3. The minimum atomic E-state index is -4.17.